The van der Waals surface area contributed by atoms with Gasteiger partial charge < -0.3 is 14.7 Å². The normalized spacial score (nSPS) is 15.3. The molecular formula is C15H16FN5O2. The molecule has 0 unspecified atom stereocenters. The number of anilines is 1. The van der Waals surface area contributed by atoms with Crippen molar-refractivity contribution < 1.29 is 14.2 Å². The van der Waals surface area contributed by atoms with E-state index in [2.05, 4.69) is 20.2 Å². The van der Waals surface area contributed by atoms with Gasteiger partial charge in [0.1, 0.15) is 5.75 Å². The average molecular weight is 317 g/mol. The molecule has 2 aromatic rings. The summed E-state index contributed by atoms with van der Waals surface area (Å²) in [5.74, 6) is -0.0462. The van der Waals surface area contributed by atoms with E-state index in [0.29, 0.717) is 31.9 Å². The van der Waals surface area contributed by atoms with Gasteiger partial charge in [0.25, 0.3) is 5.95 Å². The maximum Gasteiger partial charge on any atom is 0.270 e. The van der Waals surface area contributed by atoms with Crippen LogP contribution in [0.5, 0.6) is 5.75 Å². The van der Waals surface area contributed by atoms with Gasteiger partial charge in [0.15, 0.2) is 11.6 Å². The second-order valence-electron chi connectivity index (χ2n) is 4.97. The quantitative estimate of drug-likeness (QED) is 0.876. The molecule has 23 heavy (non-hydrogen) atoms. The van der Waals surface area contributed by atoms with E-state index >= 15 is 0 Å². The number of halogens is 1. The molecule has 3 rings (SSSR count). The first-order valence-electron chi connectivity index (χ1n) is 7.23. The van der Waals surface area contributed by atoms with Crippen LogP contribution >= 0.6 is 0 Å². The van der Waals surface area contributed by atoms with E-state index in [1.54, 1.807) is 29.2 Å². The molecular weight excluding hydrogens is 301 g/mol. The van der Waals surface area contributed by atoms with Crippen LogP contribution in [0.2, 0.25) is 0 Å². The number of para-hydroxylation sites is 1. The highest BCUT2D eigenvalue weighted by atomic mass is 19.1. The van der Waals surface area contributed by atoms with Crippen molar-refractivity contribution in [2.24, 2.45) is 10.2 Å². The lowest BCUT2D eigenvalue weighted by atomic mass is 10.2. The molecule has 120 valence electrons. The molecule has 1 saturated heterocycles. The smallest absolute Gasteiger partial charge is 0.270 e. The number of hydrogen-bond acceptors (Lipinski definition) is 7. The number of benzene rings is 1. The minimum atomic E-state index is -0.494. The van der Waals surface area contributed by atoms with E-state index in [0.717, 1.165) is 6.20 Å². The van der Waals surface area contributed by atoms with Crippen molar-refractivity contribution in [1.29, 1.82) is 0 Å². The van der Waals surface area contributed by atoms with Gasteiger partial charge in [-0.1, -0.05) is 18.2 Å². The summed E-state index contributed by atoms with van der Waals surface area (Å²) in [6, 6.07) is 6.86. The van der Waals surface area contributed by atoms with Crippen LogP contribution in [-0.2, 0) is 11.3 Å². The fraction of sp³-hybridized carbons (Fsp3) is 0.333. The predicted octanol–water partition coefficient (Wildman–Crippen LogP) is 2.44. The minimum Gasteiger partial charge on any atom is -0.508 e. The van der Waals surface area contributed by atoms with E-state index in [4.69, 9.17) is 4.74 Å². The zero-order valence-corrected chi connectivity index (χ0v) is 12.4. The Kier molecular flexibility index (Phi) is 4.72. The highest BCUT2D eigenvalue weighted by Gasteiger charge is 2.17. The number of aromatic nitrogens is 2. The largest absolute Gasteiger partial charge is 0.508 e. The highest BCUT2D eigenvalue weighted by Crippen LogP contribution is 2.21. The summed E-state index contributed by atoms with van der Waals surface area (Å²) in [5.41, 5.74) is 0.645. The topological polar surface area (TPSA) is 83.2 Å². The molecule has 1 aliphatic rings. The predicted molar refractivity (Wildman–Crippen MR) is 81.3 cm³/mol. The van der Waals surface area contributed by atoms with Crippen molar-refractivity contribution in [3.8, 4) is 5.75 Å². The molecule has 0 spiro atoms. The molecule has 0 atom stereocenters. The van der Waals surface area contributed by atoms with E-state index in [-0.39, 0.29) is 24.1 Å². The van der Waals surface area contributed by atoms with Gasteiger partial charge in [0.2, 0.25) is 0 Å². The minimum absolute atomic E-state index is 0.0864. The summed E-state index contributed by atoms with van der Waals surface area (Å²) in [5, 5.41) is 17.5. The van der Waals surface area contributed by atoms with E-state index in [1.165, 1.54) is 0 Å². The van der Waals surface area contributed by atoms with Crippen LogP contribution in [0, 0.1) is 5.82 Å². The van der Waals surface area contributed by atoms with Crippen molar-refractivity contribution in [2.45, 2.75) is 6.54 Å². The molecule has 2 heterocycles. The molecule has 1 aromatic carbocycles. The molecule has 1 aromatic heterocycles. The zero-order valence-electron chi connectivity index (χ0n) is 12.4. The fourth-order valence-electron chi connectivity index (χ4n) is 2.21. The van der Waals surface area contributed by atoms with Crippen LogP contribution in [0.1, 0.15) is 5.56 Å². The Balaban J connectivity index is 1.73. The Morgan fingerprint density at radius 1 is 1.26 bits per heavy atom. The second-order valence-corrected chi connectivity index (χ2v) is 4.97. The van der Waals surface area contributed by atoms with E-state index < -0.39 is 5.82 Å². The summed E-state index contributed by atoms with van der Waals surface area (Å²) in [6.45, 7) is 2.41. The van der Waals surface area contributed by atoms with E-state index in [9.17, 15) is 9.50 Å². The molecule has 0 amide bonds. The molecule has 7 nitrogen and oxygen atoms in total. The molecule has 0 aliphatic carbocycles. The molecule has 0 bridgehead atoms. The van der Waals surface area contributed by atoms with Crippen molar-refractivity contribution in [2.75, 3.05) is 31.2 Å². The summed E-state index contributed by atoms with van der Waals surface area (Å²) in [7, 11) is 0. The lowest BCUT2D eigenvalue weighted by Gasteiger charge is -2.27. The van der Waals surface area contributed by atoms with E-state index in [1.807, 2.05) is 0 Å². The van der Waals surface area contributed by atoms with Crippen LogP contribution in [0.4, 0.5) is 16.2 Å². The maximum atomic E-state index is 13.9. The van der Waals surface area contributed by atoms with Crippen LogP contribution in [0.15, 0.2) is 40.7 Å². The molecule has 0 radical (unpaired) electrons. The van der Waals surface area contributed by atoms with Gasteiger partial charge in [-0.2, -0.15) is 10.1 Å². The van der Waals surface area contributed by atoms with Crippen molar-refractivity contribution in [1.82, 2.24) is 9.97 Å². The lowest BCUT2D eigenvalue weighted by Crippen LogP contribution is -2.37. The summed E-state index contributed by atoms with van der Waals surface area (Å²) in [4.78, 5) is 9.73. The average Bonchev–Trinajstić information content (AvgIpc) is 2.59. The number of morpholine rings is 1. The Labute approximate surface area is 132 Å². The Hall–Kier alpha value is -2.61. The van der Waals surface area contributed by atoms with Crippen LogP contribution in [-0.4, -0.2) is 41.4 Å². The van der Waals surface area contributed by atoms with Gasteiger partial charge in [-0.3, -0.25) is 0 Å². The van der Waals surface area contributed by atoms with Crippen LogP contribution < -0.4 is 4.90 Å². The van der Waals surface area contributed by atoms with Crippen molar-refractivity contribution >= 4 is 11.8 Å². The first kappa shape index (κ1) is 15.3. The second kappa shape index (κ2) is 7.10. The number of aromatic hydroxyl groups is 1. The molecule has 0 saturated carbocycles. The molecule has 1 N–H and O–H groups in total. The number of rotatable bonds is 4. The summed E-state index contributed by atoms with van der Waals surface area (Å²) in [6.07, 6.45) is 1.09. The highest BCUT2D eigenvalue weighted by molar-refractivity contribution is 5.42. The van der Waals surface area contributed by atoms with Crippen LogP contribution in [0.3, 0.4) is 0 Å². The number of phenols is 1. The third kappa shape index (κ3) is 3.78. The van der Waals surface area contributed by atoms with Gasteiger partial charge in [0.05, 0.1) is 26.0 Å². The third-order valence-electron chi connectivity index (χ3n) is 3.42. The Morgan fingerprint density at radius 3 is 2.83 bits per heavy atom. The van der Waals surface area contributed by atoms with Gasteiger partial charge in [-0.15, -0.1) is 5.11 Å². The van der Waals surface area contributed by atoms with Gasteiger partial charge in [-0.05, 0) is 6.07 Å². The first-order valence-corrected chi connectivity index (χ1v) is 7.23. The van der Waals surface area contributed by atoms with Crippen molar-refractivity contribution in [3.63, 3.8) is 0 Å². The monoisotopic (exact) mass is 317 g/mol. The first-order chi connectivity index (χ1) is 11.2. The summed E-state index contributed by atoms with van der Waals surface area (Å²) < 4.78 is 19.1. The maximum absolute atomic E-state index is 13.9. The summed E-state index contributed by atoms with van der Waals surface area (Å²) >= 11 is 0. The standard InChI is InChI=1S/C15H16FN5O2/c16-12-10-17-15(19-14(12)21-5-7-23-8-6-21)20-18-9-11-3-1-2-4-13(11)22/h1-4,10,22H,5-9H2. The SMILES string of the molecule is Oc1ccccc1CN=Nc1ncc(F)c(N2CCOCC2)n1. The molecule has 8 heteroatoms. The number of hydrogen-bond donors (Lipinski definition) is 1. The number of ether oxygens (including phenoxy) is 1. The molecule has 1 aliphatic heterocycles. The van der Waals surface area contributed by atoms with Crippen molar-refractivity contribution in [3.05, 3.63) is 41.8 Å². The molecule has 1 fully saturated rings. The Bertz CT molecular complexity index is 704. The number of phenolic OH excluding ortho intramolecular Hbond substituents is 1. The van der Waals surface area contributed by atoms with Gasteiger partial charge >= 0.3 is 0 Å². The van der Waals surface area contributed by atoms with Crippen LogP contribution in [0.25, 0.3) is 0 Å². The lowest BCUT2D eigenvalue weighted by molar-refractivity contribution is 0.122. The third-order valence-corrected chi connectivity index (χ3v) is 3.42. The number of azo groups is 1. The fourth-order valence-corrected chi connectivity index (χ4v) is 2.21. The van der Waals surface area contributed by atoms with Gasteiger partial charge in [0, 0.05) is 18.7 Å². The Morgan fingerprint density at radius 2 is 2.04 bits per heavy atom. The number of nitrogens with zero attached hydrogens (tertiary/aromatic N) is 5. The zero-order chi connectivity index (χ0) is 16.1. The van der Waals surface area contributed by atoms with Gasteiger partial charge in [-0.25, -0.2) is 9.37 Å².